The van der Waals surface area contributed by atoms with E-state index in [4.69, 9.17) is 4.42 Å². The molecule has 2 nitrogen and oxygen atoms in total. The van der Waals surface area contributed by atoms with Gasteiger partial charge in [-0.2, -0.15) is 0 Å². The number of nitrogens with zero attached hydrogens (tertiary/aromatic N) is 1. The van der Waals surface area contributed by atoms with Crippen LogP contribution in [0.25, 0.3) is 43.8 Å². The highest BCUT2D eigenvalue weighted by molar-refractivity contribution is 6.19. The molecule has 0 atom stereocenters. The van der Waals surface area contributed by atoms with E-state index in [9.17, 15) is 0 Å². The second-order valence-electron chi connectivity index (χ2n) is 9.03. The van der Waals surface area contributed by atoms with Crippen LogP contribution in [-0.4, -0.2) is 0 Å². The molecule has 0 amide bonds. The minimum atomic E-state index is 0.924. The molecule has 0 saturated carbocycles. The van der Waals surface area contributed by atoms with Gasteiger partial charge in [0.25, 0.3) is 0 Å². The largest absolute Gasteiger partial charge is 0.456 e. The fraction of sp³-hybridized carbons (Fsp3) is 0. The van der Waals surface area contributed by atoms with Gasteiger partial charge in [-0.3, -0.25) is 0 Å². The van der Waals surface area contributed by atoms with Gasteiger partial charge in [0.05, 0.1) is 0 Å². The highest BCUT2D eigenvalue weighted by atomic mass is 16.3. The van der Waals surface area contributed by atoms with Gasteiger partial charge in [0.2, 0.25) is 0 Å². The summed E-state index contributed by atoms with van der Waals surface area (Å²) in [4.78, 5) is 2.31. The van der Waals surface area contributed by atoms with E-state index in [1.165, 1.54) is 27.3 Å². The van der Waals surface area contributed by atoms with Crippen LogP contribution in [0.1, 0.15) is 0 Å². The molecule has 7 rings (SSSR count). The van der Waals surface area contributed by atoms with Crippen molar-refractivity contribution in [3.05, 3.63) is 140 Å². The Labute approximate surface area is 209 Å². The molecule has 0 aliphatic carbocycles. The summed E-state index contributed by atoms with van der Waals surface area (Å²) >= 11 is 0. The molecule has 0 spiro atoms. The zero-order valence-corrected chi connectivity index (χ0v) is 19.6. The van der Waals surface area contributed by atoms with Gasteiger partial charge in [0.1, 0.15) is 11.2 Å². The van der Waals surface area contributed by atoms with E-state index in [0.29, 0.717) is 0 Å². The van der Waals surface area contributed by atoms with Crippen molar-refractivity contribution in [2.45, 2.75) is 0 Å². The van der Waals surface area contributed by atoms with Crippen LogP contribution >= 0.6 is 0 Å². The number of rotatable bonds is 4. The van der Waals surface area contributed by atoms with E-state index >= 15 is 0 Å². The zero-order chi connectivity index (χ0) is 23.9. The van der Waals surface area contributed by atoms with Crippen LogP contribution in [0.2, 0.25) is 0 Å². The number of furan rings is 1. The minimum Gasteiger partial charge on any atom is -0.456 e. The molecule has 0 aliphatic heterocycles. The summed E-state index contributed by atoms with van der Waals surface area (Å²) in [5.74, 6) is 0. The van der Waals surface area contributed by atoms with E-state index in [0.717, 1.165) is 33.6 Å². The van der Waals surface area contributed by atoms with Crippen molar-refractivity contribution in [3.63, 3.8) is 0 Å². The fourth-order valence-electron chi connectivity index (χ4n) is 5.14. The van der Waals surface area contributed by atoms with Gasteiger partial charge in [-0.25, -0.2) is 0 Å². The molecule has 170 valence electrons. The van der Waals surface area contributed by atoms with Gasteiger partial charge in [-0.15, -0.1) is 0 Å². The van der Waals surface area contributed by atoms with Crippen LogP contribution in [0.3, 0.4) is 0 Å². The van der Waals surface area contributed by atoms with Gasteiger partial charge in [-0.05, 0) is 70.4 Å². The molecule has 0 bridgehead atoms. The first-order chi connectivity index (χ1) is 17.8. The second kappa shape index (κ2) is 8.44. The summed E-state index contributed by atoms with van der Waals surface area (Å²) in [6.45, 7) is 0. The quantitative estimate of drug-likeness (QED) is 0.259. The van der Waals surface area contributed by atoms with Gasteiger partial charge < -0.3 is 9.32 Å². The molecule has 0 saturated heterocycles. The Morgan fingerprint density at radius 3 is 1.86 bits per heavy atom. The van der Waals surface area contributed by atoms with Gasteiger partial charge >= 0.3 is 0 Å². The van der Waals surface area contributed by atoms with E-state index in [1.807, 2.05) is 12.1 Å². The Morgan fingerprint density at radius 1 is 0.417 bits per heavy atom. The average molecular weight is 462 g/mol. The lowest BCUT2D eigenvalue weighted by Gasteiger charge is -2.26. The first kappa shape index (κ1) is 20.5. The molecule has 7 aromatic rings. The van der Waals surface area contributed by atoms with Gasteiger partial charge in [0, 0.05) is 27.8 Å². The first-order valence-electron chi connectivity index (χ1n) is 12.2. The monoisotopic (exact) mass is 461 g/mol. The van der Waals surface area contributed by atoms with Crippen molar-refractivity contribution in [1.29, 1.82) is 0 Å². The number of benzene rings is 6. The minimum absolute atomic E-state index is 0.924. The SMILES string of the molecule is c1ccc(-c2ccc(N(c3ccccc3)c3ccc4c(ccc5oc6ccccc6c54)c3)cc2)cc1. The van der Waals surface area contributed by atoms with Crippen molar-refractivity contribution >= 4 is 49.8 Å². The summed E-state index contributed by atoms with van der Waals surface area (Å²) in [5, 5.41) is 4.72. The van der Waals surface area contributed by atoms with E-state index in [-0.39, 0.29) is 0 Å². The van der Waals surface area contributed by atoms with Crippen molar-refractivity contribution < 1.29 is 4.42 Å². The Bertz CT molecular complexity index is 1820. The second-order valence-corrected chi connectivity index (χ2v) is 9.03. The molecule has 0 radical (unpaired) electrons. The van der Waals surface area contributed by atoms with Crippen LogP contribution < -0.4 is 4.90 Å². The number of fused-ring (bicyclic) bond motifs is 5. The molecule has 36 heavy (non-hydrogen) atoms. The van der Waals surface area contributed by atoms with Crippen LogP contribution in [0, 0.1) is 0 Å². The highest BCUT2D eigenvalue weighted by Gasteiger charge is 2.15. The van der Waals surface area contributed by atoms with Crippen LogP contribution in [-0.2, 0) is 0 Å². The molecule has 0 fully saturated rings. The summed E-state index contributed by atoms with van der Waals surface area (Å²) in [5.41, 5.74) is 7.64. The van der Waals surface area contributed by atoms with Crippen LogP contribution in [0.4, 0.5) is 17.1 Å². The Balaban J connectivity index is 1.38. The normalized spacial score (nSPS) is 11.3. The lowest BCUT2D eigenvalue weighted by Crippen LogP contribution is -2.09. The summed E-state index contributed by atoms with van der Waals surface area (Å²) in [6.07, 6.45) is 0. The fourth-order valence-corrected chi connectivity index (χ4v) is 5.14. The molecule has 0 unspecified atom stereocenters. The van der Waals surface area contributed by atoms with E-state index in [2.05, 4.69) is 132 Å². The predicted molar refractivity (Wildman–Crippen MR) is 151 cm³/mol. The van der Waals surface area contributed by atoms with Crippen LogP contribution in [0.5, 0.6) is 0 Å². The van der Waals surface area contributed by atoms with E-state index in [1.54, 1.807) is 0 Å². The molecule has 0 aliphatic rings. The summed E-state index contributed by atoms with van der Waals surface area (Å²) in [6, 6.07) is 49.0. The van der Waals surface area contributed by atoms with Crippen molar-refractivity contribution in [2.24, 2.45) is 0 Å². The molecule has 2 heteroatoms. The maximum absolute atomic E-state index is 6.11. The zero-order valence-electron chi connectivity index (χ0n) is 19.6. The van der Waals surface area contributed by atoms with Crippen molar-refractivity contribution in [3.8, 4) is 11.1 Å². The molecule has 6 aromatic carbocycles. The van der Waals surface area contributed by atoms with Crippen molar-refractivity contribution in [1.82, 2.24) is 0 Å². The standard InChI is InChI=1S/C34H23NO/c1-3-9-24(10-4-1)25-15-18-28(19-16-25)35(27-11-5-2-6-12-27)29-20-21-30-26(23-29)17-22-33-34(30)31-13-7-8-14-32(31)36-33/h1-23H. The third-order valence-corrected chi connectivity index (χ3v) is 6.85. The highest BCUT2D eigenvalue weighted by Crippen LogP contribution is 2.40. The number of hydrogen-bond donors (Lipinski definition) is 0. The Morgan fingerprint density at radius 2 is 1.06 bits per heavy atom. The summed E-state index contributed by atoms with van der Waals surface area (Å²) in [7, 11) is 0. The maximum Gasteiger partial charge on any atom is 0.136 e. The van der Waals surface area contributed by atoms with E-state index < -0.39 is 0 Å². The molecule has 0 N–H and O–H groups in total. The molecular formula is C34H23NO. The third-order valence-electron chi connectivity index (χ3n) is 6.85. The lowest BCUT2D eigenvalue weighted by molar-refractivity contribution is 0.669. The number of anilines is 3. The Hall–Kier alpha value is -4.82. The lowest BCUT2D eigenvalue weighted by atomic mass is 10.0. The third kappa shape index (κ3) is 3.43. The Kier molecular flexibility index (Phi) is 4.82. The molecule has 1 aromatic heterocycles. The number of para-hydroxylation sites is 2. The molecule has 1 heterocycles. The average Bonchev–Trinajstić information content (AvgIpc) is 3.34. The number of hydrogen-bond acceptors (Lipinski definition) is 2. The van der Waals surface area contributed by atoms with Gasteiger partial charge in [-0.1, -0.05) is 91.0 Å². The predicted octanol–water partition coefficient (Wildman–Crippen LogP) is 9.88. The summed E-state index contributed by atoms with van der Waals surface area (Å²) < 4.78 is 6.11. The maximum atomic E-state index is 6.11. The molecular weight excluding hydrogens is 438 g/mol. The topological polar surface area (TPSA) is 16.4 Å². The van der Waals surface area contributed by atoms with Crippen molar-refractivity contribution in [2.75, 3.05) is 4.90 Å². The van der Waals surface area contributed by atoms with Gasteiger partial charge in [0.15, 0.2) is 0 Å². The first-order valence-corrected chi connectivity index (χ1v) is 12.2. The van der Waals surface area contributed by atoms with Crippen LogP contribution in [0.15, 0.2) is 144 Å². The smallest absolute Gasteiger partial charge is 0.136 e.